The predicted octanol–water partition coefficient (Wildman–Crippen LogP) is 3.12. The molecule has 0 rings (SSSR count). The molecule has 0 amide bonds. The van der Waals surface area contributed by atoms with Crippen LogP contribution in [0.1, 0.15) is 68.7 Å². The maximum absolute atomic E-state index is 12.7. The van der Waals surface area contributed by atoms with Crippen molar-refractivity contribution in [1.29, 1.82) is 0 Å². The topological polar surface area (TPSA) is 88.1 Å². The molecule has 0 spiro atoms. The Morgan fingerprint density at radius 2 is 1.45 bits per heavy atom. The Labute approximate surface area is 177 Å². The van der Waals surface area contributed by atoms with Gasteiger partial charge in [-0.15, -0.1) is 0 Å². The first-order chi connectivity index (χ1) is 12.9. The molecule has 29 heavy (non-hydrogen) atoms. The summed E-state index contributed by atoms with van der Waals surface area (Å²) in [5, 5.41) is -1.14. The quantitative estimate of drug-likeness (QED) is 0.388. The summed E-state index contributed by atoms with van der Waals surface area (Å²) in [7, 11) is 4.02. The van der Waals surface area contributed by atoms with Crippen molar-refractivity contribution in [2.45, 2.75) is 97.0 Å². The van der Waals surface area contributed by atoms with Gasteiger partial charge in [0.05, 0.1) is 12.2 Å². The molecule has 170 valence electrons. The van der Waals surface area contributed by atoms with Crippen LogP contribution in [-0.4, -0.2) is 65.9 Å². The van der Waals surface area contributed by atoms with Gasteiger partial charge in [-0.1, -0.05) is 9.24 Å². The number of rotatable bonds is 14. The minimum Gasteiger partial charge on any atom is -0.379 e. The van der Waals surface area contributed by atoms with Crippen LogP contribution in [0.3, 0.4) is 0 Å². The lowest BCUT2D eigenvalue weighted by atomic mass is 9.97. The Morgan fingerprint density at radius 3 is 1.90 bits per heavy atom. The Morgan fingerprint density at radius 1 is 0.931 bits per heavy atom. The molecule has 0 heterocycles. The van der Waals surface area contributed by atoms with Crippen molar-refractivity contribution in [3.8, 4) is 0 Å². The van der Waals surface area contributed by atoms with Crippen molar-refractivity contribution in [3.05, 3.63) is 0 Å². The number of hydrogen-bond donors (Lipinski definition) is 0. The van der Waals surface area contributed by atoms with Crippen LogP contribution < -0.4 is 0 Å². The monoisotopic (exact) mass is 434 g/mol. The van der Waals surface area contributed by atoms with Gasteiger partial charge >= 0.3 is 0 Å². The number of carbonyl (C=O) groups excluding carboxylic acids is 3. The van der Waals surface area contributed by atoms with E-state index in [1.54, 1.807) is 48.7 Å². The van der Waals surface area contributed by atoms with E-state index in [2.05, 4.69) is 9.24 Å². The normalized spacial score (nSPS) is 16.2. The average Bonchev–Trinajstić information content (AvgIpc) is 2.57. The number of methoxy groups -OCH3 is 1. The zero-order valence-electron chi connectivity index (χ0n) is 19.6. The maximum atomic E-state index is 12.7. The van der Waals surface area contributed by atoms with Crippen molar-refractivity contribution in [2.24, 2.45) is 0 Å². The summed E-state index contributed by atoms with van der Waals surface area (Å²) in [6, 6.07) is 0. The molecule has 7 nitrogen and oxygen atoms in total. The van der Waals surface area contributed by atoms with E-state index in [1.807, 2.05) is 13.8 Å². The van der Waals surface area contributed by atoms with Gasteiger partial charge < -0.3 is 18.9 Å². The van der Waals surface area contributed by atoms with E-state index in [4.69, 9.17) is 18.9 Å². The molecule has 3 atom stereocenters. The van der Waals surface area contributed by atoms with Gasteiger partial charge in [0, 0.05) is 7.11 Å². The number of ketones is 3. The van der Waals surface area contributed by atoms with Gasteiger partial charge in [0.1, 0.15) is 29.3 Å². The zero-order valence-corrected chi connectivity index (χ0v) is 20.8. The van der Waals surface area contributed by atoms with Gasteiger partial charge in [0.25, 0.3) is 0 Å². The predicted molar refractivity (Wildman–Crippen MR) is 115 cm³/mol. The van der Waals surface area contributed by atoms with Crippen LogP contribution >= 0.6 is 9.24 Å². The maximum Gasteiger partial charge on any atom is 0.193 e. The van der Waals surface area contributed by atoms with Crippen molar-refractivity contribution in [3.63, 3.8) is 0 Å². The first-order valence-electron chi connectivity index (χ1n) is 9.76. The Balaban J connectivity index is 4.82. The van der Waals surface area contributed by atoms with Crippen LogP contribution in [0.2, 0.25) is 0 Å². The number of ether oxygens (including phenoxy) is 4. The summed E-state index contributed by atoms with van der Waals surface area (Å²) in [5.41, 5.74) is -2.69. The van der Waals surface area contributed by atoms with E-state index in [0.29, 0.717) is 13.0 Å². The molecule has 0 saturated heterocycles. The summed E-state index contributed by atoms with van der Waals surface area (Å²) >= 11 is 0. The van der Waals surface area contributed by atoms with Crippen LogP contribution in [0.5, 0.6) is 0 Å². The standard InChI is InChI=1S/C21H39O7P/c1-14(28-19(5,6)15(2)22)17(24)20(7,8)27-13-16(23)21(9,29)26-12-11-18(3,4)25-10/h14H,11-13,29H2,1-10H3. The molecule has 0 aromatic carbocycles. The highest BCUT2D eigenvalue weighted by atomic mass is 31.0. The van der Waals surface area contributed by atoms with E-state index >= 15 is 0 Å². The highest BCUT2D eigenvalue weighted by Crippen LogP contribution is 2.25. The first-order valence-corrected chi connectivity index (χ1v) is 10.3. The average molecular weight is 435 g/mol. The lowest BCUT2D eigenvalue weighted by molar-refractivity contribution is -0.167. The molecule has 0 radical (unpaired) electrons. The van der Waals surface area contributed by atoms with Crippen molar-refractivity contribution >= 4 is 26.6 Å². The fourth-order valence-electron chi connectivity index (χ4n) is 2.22. The Hall–Kier alpha value is -0.720. The molecule has 0 aliphatic carbocycles. The lowest BCUT2D eigenvalue weighted by Crippen LogP contribution is -2.48. The molecule has 0 aliphatic rings. The summed E-state index contributed by atoms with van der Waals surface area (Å²) in [5.74, 6) is -0.845. The molecule has 0 N–H and O–H groups in total. The summed E-state index contributed by atoms with van der Waals surface area (Å²) in [4.78, 5) is 36.9. The molecule has 0 aromatic rings. The Bertz CT molecular complexity index is 594. The SMILES string of the molecule is COC(C)(C)CCOC(C)(P)C(=O)COC(C)(C)C(=O)C(C)OC(C)(C)C(C)=O. The van der Waals surface area contributed by atoms with Crippen LogP contribution in [0.25, 0.3) is 0 Å². The number of carbonyl (C=O) groups is 3. The molecule has 0 fully saturated rings. The highest BCUT2D eigenvalue weighted by molar-refractivity contribution is 7.20. The smallest absolute Gasteiger partial charge is 0.193 e. The second-order valence-electron chi connectivity index (χ2n) is 9.08. The zero-order chi connectivity index (χ0) is 23.3. The third-order valence-electron chi connectivity index (χ3n) is 5.06. The second kappa shape index (κ2) is 10.5. The third kappa shape index (κ3) is 9.31. The molecular formula is C21H39O7P. The molecule has 0 saturated carbocycles. The molecule has 8 heteroatoms. The largest absolute Gasteiger partial charge is 0.379 e. The molecule has 0 bridgehead atoms. The number of hydrogen-bond acceptors (Lipinski definition) is 7. The van der Waals surface area contributed by atoms with Gasteiger partial charge in [-0.2, -0.15) is 0 Å². The molecular weight excluding hydrogens is 395 g/mol. The minimum absolute atomic E-state index is 0.182. The van der Waals surface area contributed by atoms with Gasteiger partial charge in [0.15, 0.2) is 17.3 Å². The van der Waals surface area contributed by atoms with Crippen LogP contribution in [-0.2, 0) is 33.3 Å². The fraction of sp³-hybridized carbons (Fsp3) is 0.857. The van der Waals surface area contributed by atoms with E-state index in [0.717, 1.165) is 0 Å². The van der Waals surface area contributed by atoms with Crippen LogP contribution in [0.15, 0.2) is 0 Å². The van der Waals surface area contributed by atoms with Crippen LogP contribution in [0.4, 0.5) is 0 Å². The van der Waals surface area contributed by atoms with Gasteiger partial charge in [0.2, 0.25) is 0 Å². The third-order valence-corrected chi connectivity index (χ3v) is 5.55. The summed E-state index contributed by atoms with van der Waals surface area (Å²) in [6.07, 6.45) is -0.249. The second-order valence-corrected chi connectivity index (χ2v) is 10.2. The van der Waals surface area contributed by atoms with E-state index < -0.39 is 22.6 Å². The van der Waals surface area contributed by atoms with Crippen LogP contribution in [0, 0.1) is 0 Å². The first kappa shape index (κ1) is 28.3. The van der Waals surface area contributed by atoms with Gasteiger partial charge in [-0.05, 0) is 68.7 Å². The van der Waals surface area contributed by atoms with E-state index in [-0.39, 0.29) is 29.6 Å². The molecule has 0 aliphatic heterocycles. The summed E-state index contributed by atoms with van der Waals surface area (Å²) in [6.45, 7) is 14.9. The molecule has 3 unspecified atom stereocenters. The van der Waals surface area contributed by atoms with Crippen molar-refractivity contribution in [2.75, 3.05) is 20.3 Å². The van der Waals surface area contributed by atoms with Gasteiger partial charge in [-0.25, -0.2) is 0 Å². The molecule has 0 aromatic heterocycles. The van der Waals surface area contributed by atoms with E-state index in [9.17, 15) is 14.4 Å². The summed E-state index contributed by atoms with van der Waals surface area (Å²) < 4.78 is 22.3. The fourth-order valence-corrected chi connectivity index (χ4v) is 2.42. The Kier molecular flexibility index (Phi) is 10.3. The van der Waals surface area contributed by atoms with Gasteiger partial charge in [-0.3, -0.25) is 14.4 Å². The lowest BCUT2D eigenvalue weighted by Gasteiger charge is -2.32. The van der Waals surface area contributed by atoms with E-state index in [1.165, 1.54) is 6.92 Å². The minimum atomic E-state index is -1.26. The number of Topliss-reactive ketones (excluding diaryl/α,β-unsaturated/α-hetero) is 3. The highest BCUT2D eigenvalue weighted by Gasteiger charge is 2.39. The van der Waals surface area contributed by atoms with Crippen molar-refractivity contribution in [1.82, 2.24) is 0 Å². The van der Waals surface area contributed by atoms with Crippen molar-refractivity contribution < 1.29 is 33.3 Å².